The van der Waals surface area contributed by atoms with Gasteiger partial charge in [0.1, 0.15) is 11.5 Å². The molecular formula is C18H20O2S2. The topological polar surface area (TPSA) is 18.5 Å². The summed E-state index contributed by atoms with van der Waals surface area (Å²) < 4.78 is 11.3. The fourth-order valence-corrected chi connectivity index (χ4v) is 4.79. The highest BCUT2D eigenvalue weighted by molar-refractivity contribution is 7.98. The van der Waals surface area contributed by atoms with Gasteiger partial charge in [-0.15, -0.1) is 0 Å². The van der Waals surface area contributed by atoms with Gasteiger partial charge >= 0.3 is 0 Å². The number of rotatable bonds is 2. The number of benzene rings is 2. The highest BCUT2D eigenvalue weighted by Crippen LogP contribution is 2.36. The maximum atomic E-state index is 5.67. The third kappa shape index (κ3) is 3.23. The molecule has 1 heterocycles. The van der Waals surface area contributed by atoms with E-state index in [1.54, 1.807) is 14.2 Å². The molecule has 0 N–H and O–H groups in total. The largest absolute Gasteiger partial charge is 0.496 e. The third-order valence-corrected chi connectivity index (χ3v) is 5.86. The summed E-state index contributed by atoms with van der Waals surface area (Å²) >= 11 is 3.81. The molecule has 4 heteroatoms. The van der Waals surface area contributed by atoms with Crippen molar-refractivity contribution in [2.75, 3.05) is 14.2 Å². The van der Waals surface area contributed by atoms with Crippen LogP contribution in [0.1, 0.15) is 22.3 Å². The van der Waals surface area contributed by atoms with Crippen molar-refractivity contribution in [3.8, 4) is 11.5 Å². The van der Waals surface area contributed by atoms with E-state index in [9.17, 15) is 0 Å². The highest BCUT2D eigenvalue weighted by Gasteiger charge is 2.14. The van der Waals surface area contributed by atoms with E-state index in [0.29, 0.717) is 0 Å². The Morgan fingerprint density at radius 2 is 0.955 bits per heavy atom. The Balaban J connectivity index is 1.94. The fraction of sp³-hybridized carbons (Fsp3) is 0.333. The Morgan fingerprint density at radius 3 is 1.23 bits per heavy atom. The maximum Gasteiger partial charge on any atom is 0.126 e. The van der Waals surface area contributed by atoms with Gasteiger partial charge in [-0.25, -0.2) is 0 Å². The van der Waals surface area contributed by atoms with Crippen LogP contribution >= 0.6 is 23.5 Å². The average Bonchev–Trinajstić information content (AvgIpc) is 2.54. The van der Waals surface area contributed by atoms with E-state index in [1.165, 1.54) is 22.3 Å². The summed E-state index contributed by atoms with van der Waals surface area (Å²) in [7, 11) is 3.55. The monoisotopic (exact) mass is 332 g/mol. The summed E-state index contributed by atoms with van der Waals surface area (Å²) in [6, 6.07) is 12.9. The minimum atomic E-state index is 0.953. The summed E-state index contributed by atoms with van der Waals surface area (Å²) in [5.74, 6) is 5.92. The number of para-hydroxylation sites is 2. The second-order valence-electron chi connectivity index (χ2n) is 5.20. The van der Waals surface area contributed by atoms with Crippen LogP contribution in [0.5, 0.6) is 11.5 Å². The van der Waals surface area contributed by atoms with Crippen LogP contribution in [0.25, 0.3) is 0 Å². The lowest BCUT2D eigenvalue weighted by Gasteiger charge is -2.17. The van der Waals surface area contributed by atoms with Gasteiger partial charge in [0.05, 0.1) is 14.2 Å². The first-order valence-electron chi connectivity index (χ1n) is 7.28. The number of hydrogen-bond acceptors (Lipinski definition) is 4. The number of thioether (sulfide) groups is 2. The molecule has 2 aromatic rings. The van der Waals surface area contributed by atoms with Crippen LogP contribution in [0.4, 0.5) is 0 Å². The first-order chi connectivity index (χ1) is 10.8. The molecule has 2 aromatic carbocycles. The van der Waals surface area contributed by atoms with Crippen molar-refractivity contribution in [1.82, 2.24) is 0 Å². The molecule has 0 radical (unpaired) electrons. The molecule has 0 fully saturated rings. The SMILES string of the molecule is COc1c2cccc1CSCc1cccc(c1OC)CSC2. The van der Waals surface area contributed by atoms with E-state index in [-0.39, 0.29) is 0 Å². The first kappa shape index (κ1) is 15.6. The molecule has 22 heavy (non-hydrogen) atoms. The van der Waals surface area contributed by atoms with Crippen LogP contribution in [0.2, 0.25) is 0 Å². The molecule has 0 saturated carbocycles. The van der Waals surface area contributed by atoms with Gasteiger partial charge in [-0.1, -0.05) is 36.4 Å². The van der Waals surface area contributed by atoms with Gasteiger partial charge < -0.3 is 9.47 Å². The number of ether oxygens (including phenoxy) is 2. The van der Waals surface area contributed by atoms with Crippen LogP contribution in [-0.4, -0.2) is 14.2 Å². The molecule has 0 atom stereocenters. The second kappa shape index (κ2) is 7.34. The average molecular weight is 332 g/mol. The normalized spacial score (nSPS) is 14.6. The van der Waals surface area contributed by atoms with Gasteiger partial charge in [0.25, 0.3) is 0 Å². The van der Waals surface area contributed by atoms with E-state index in [0.717, 1.165) is 34.5 Å². The van der Waals surface area contributed by atoms with E-state index in [2.05, 4.69) is 36.4 Å². The van der Waals surface area contributed by atoms with Crippen LogP contribution in [0.15, 0.2) is 36.4 Å². The Kier molecular flexibility index (Phi) is 5.21. The summed E-state index contributed by atoms with van der Waals surface area (Å²) in [5.41, 5.74) is 5.12. The quantitative estimate of drug-likeness (QED) is 0.779. The molecule has 0 aliphatic carbocycles. The smallest absolute Gasteiger partial charge is 0.126 e. The molecule has 3 rings (SSSR count). The fourth-order valence-electron chi connectivity index (χ4n) is 2.80. The van der Waals surface area contributed by atoms with Gasteiger partial charge in [0.2, 0.25) is 0 Å². The highest BCUT2D eigenvalue weighted by atomic mass is 32.2. The van der Waals surface area contributed by atoms with Crippen LogP contribution in [-0.2, 0) is 23.0 Å². The molecular weight excluding hydrogens is 312 g/mol. The minimum Gasteiger partial charge on any atom is -0.496 e. The summed E-state index contributed by atoms with van der Waals surface area (Å²) in [4.78, 5) is 0. The van der Waals surface area contributed by atoms with Gasteiger partial charge in [-0.3, -0.25) is 0 Å². The van der Waals surface area contributed by atoms with Crippen LogP contribution < -0.4 is 9.47 Å². The Bertz CT molecular complexity index is 554. The maximum absolute atomic E-state index is 5.67. The molecule has 0 unspecified atom stereocenters. The number of fused-ring (bicyclic) bond motifs is 4. The standard InChI is InChI=1S/C18H20O2S2/c1-19-17-13-5-3-6-14(17)10-22-12-16-8-4-7-15(11-21-9-13)18(16)20-2/h3-8H,9-12H2,1-2H3. The predicted octanol–water partition coefficient (Wildman–Crippen LogP) is 4.88. The van der Waals surface area contributed by atoms with Crippen LogP contribution in [0, 0.1) is 0 Å². The third-order valence-electron chi connectivity index (χ3n) is 3.79. The van der Waals surface area contributed by atoms with Crippen molar-refractivity contribution in [1.29, 1.82) is 0 Å². The van der Waals surface area contributed by atoms with Crippen molar-refractivity contribution in [3.05, 3.63) is 58.7 Å². The molecule has 0 amide bonds. The molecule has 0 spiro atoms. The molecule has 0 aromatic heterocycles. The summed E-state index contributed by atoms with van der Waals surface area (Å²) in [5, 5.41) is 0. The number of methoxy groups -OCH3 is 2. The van der Waals surface area contributed by atoms with Crippen LogP contribution in [0.3, 0.4) is 0 Å². The molecule has 4 bridgehead atoms. The van der Waals surface area contributed by atoms with Gasteiger partial charge in [0, 0.05) is 45.3 Å². The van der Waals surface area contributed by atoms with Gasteiger partial charge in [0.15, 0.2) is 0 Å². The molecule has 1 aliphatic heterocycles. The summed E-state index contributed by atoms with van der Waals surface area (Å²) in [6.07, 6.45) is 0. The minimum absolute atomic E-state index is 0.953. The zero-order valence-electron chi connectivity index (χ0n) is 12.9. The van der Waals surface area contributed by atoms with Crippen molar-refractivity contribution in [2.45, 2.75) is 23.0 Å². The predicted molar refractivity (Wildman–Crippen MR) is 96.0 cm³/mol. The second-order valence-corrected chi connectivity index (χ2v) is 7.18. The van der Waals surface area contributed by atoms with E-state index < -0.39 is 0 Å². The Labute approximate surface area is 140 Å². The van der Waals surface area contributed by atoms with Crippen molar-refractivity contribution < 1.29 is 9.47 Å². The van der Waals surface area contributed by atoms with E-state index in [1.807, 2.05) is 23.5 Å². The first-order valence-corrected chi connectivity index (χ1v) is 9.59. The van der Waals surface area contributed by atoms with E-state index in [4.69, 9.17) is 9.47 Å². The molecule has 0 saturated heterocycles. The Morgan fingerprint density at radius 1 is 0.636 bits per heavy atom. The molecule has 116 valence electrons. The van der Waals surface area contributed by atoms with E-state index >= 15 is 0 Å². The molecule has 2 nitrogen and oxygen atoms in total. The lowest BCUT2D eigenvalue weighted by atomic mass is 10.1. The van der Waals surface area contributed by atoms with Crippen molar-refractivity contribution in [3.63, 3.8) is 0 Å². The lowest BCUT2D eigenvalue weighted by molar-refractivity contribution is 0.407. The lowest BCUT2D eigenvalue weighted by Crippen LogP contribution is -1.99. The zero-order chi connectivity index (χ0) is 15.4. The zero-order valence-corrected chi connectivity index (χ0v) is 14.6. The Hall–Kier alpha value is -1.26. The van der Waals surface area contributed by atoms with Gasteiger partial charge in [-0.05, 0) is 0 Å². The number of hydrogen-bond donors (Lipinski definition) is 0. The molecule has 1 aliphatic rings. The van der Waals surface area contributed by atoms with Gasteiger partial charge in [-0.2, -0.15) is 23.5 Å². The summed E-state index contributed by atoms with van der Waals surface area (Å²) in [6.45, 7) is 0. The van der Waals surface area contributed by atoms with Crippen molar-refractivity contribution in [2.24, 2.45) is 0 Å². The van der Waals surface area contributed by atoms with Crippen molar-refractivity contribution >= 4 is 23.5 Å².